The van der Waals surface area contributed by atoms with Gasteiger partial charge in [-0.2, -0.15) is 4.31 Å². The van der Waals surface area contributed by atoms with Crippen molar-refractivity contribution in [3.8, 4) is 5.75 Å². The van der Waals surface area contributed by atoms with Crippen LogP contribution in [0.5, 0.6) is 5.75 Å². The Morgan fingerprint density at radius 2 is 1.71 bits per heavy atom. The van der Waals surface area contributed by atoms with Crippen molar-refractivity contribution in [2.75, 3.05) is 14.1 Å². The topological polar surface area (TPSA) is 113 Å². The van der Waals surface area contributed by atoms with E-state index >= 15 is 0 Å². The normalized spacial score (nSPS) is 12.2. The third-order valence-electron chi connectivity index (χ3n) is 5.01. The molecule has 0 aliphatic carbocycles. The summed E-state index contributed by atoms with van der Waals surface area (Å²) < 4.78 is 45.2. The molecule has 1 amide bonds. The number of carbonyl (C=O) groups is 2. The van der Waals surface area contributed by atoms with Crippen LogP contribution in [-0.4, -0.2) is 43.8 Å². The standard InChI is InChI=1S/C24H23FN2O6S/c1-26-23(28)18-5-3-4-17(14-18)22(24(29)30)33-20-10-6-16(7-11-20)15-27(2)34(31,32)21-12-8-19(25)9-13-21/h3-14,22H,15H2,1-2H3,(H,26,28)(H,29,30). The van der Waals surface area contributed by atoms with Crippen LogP contribution in [0.4, 0.5) is 4.39 Å². The quantitative estimate of drug-likeness (QED) is 0.480. The van der Waals surface area contributed by atoms with Crippen LogP contribution < -0.4 is 10.1 Å². The molecule has 0 bridgehead atoms. The summed E-state index contributed by atoms with van der Waals surface area (Å²) in [6.45, 7) is 0.0382. The van der Waals surface area contributed by atoms with E-state index < -0.39 is 27.9 Å². The van der Waals surface area contributed by atoms with E-state index in [2.05, 4.69) is 5.32 Å². The van der Waals surface area contributed by atoms with E-state index in [4.69, 9.17) is 4.74 Å². The fraction of sp³-hybridized carbons (Fsp3) is 0.167. The molecule has 1 atom stereocenters. The van der Waals surface area contributed by atoms with Gasteiger partial charge in [0.1, 0.15) is 11.6 Å². The third-order valence-corrected chi connectivity index (χ3v) is 6.82. The number of sulfonamides is 1. The van der Waals surface area contributed by atoms with Crippen LogP contribution in [0.1, 0.15) is 27.6 Å². The first kappa shape index (κ1) is 24.9. The molecule has 0 heterocycles. The molecule has 3 aromatic carbocycles. The molecule has 178 valence electrons. The van der Waals surface area contributed by atoms with E-state index in [-0.39, 0.29) is 23.1 Å². The number of hydrogen-bond donors (Lipinski definition) is 2. The molecule has 10 heteroatoms. The molecule has 0 aliphatic rings. The van der Waals surface area contributed by atoms with E-state index in [0.717, 1.165) is 16.4 Å². The van der Waals surface area contributed by atoms with Gasteiger partial charge in [0.15, 0.2) is 0 Å². The highest BCUT2D eigenvalue weighted by Gasteiger charge is 2.24. The largest absolute Gasteiger partial charge is 0.478 e. The highest BCUT2D eigenvalue weighted by Crippen LogP contribution is 2.25. The molecule has 0 aromatic heterocycles. The highest BCUT2D eigenvalue weighted by molar-refractivity contribution is 7.89. The predicted octanol–water partition coefficient (Wildman–Crippen LogP) is 3.21. The molecule has 0 saturated carbocycles. The van der Waals surface area contributed by atoms with Crippen LogP contribution in [0.25, 0.3) is 0 Å². The summed E-state index contributed by atoms with van der Waals surface area (Å²) in [5, 5.41) is 12.1. The lowest BCUT2D eigenvalue weighted by Crippen LogP contribution is -2.26. The molecule has 34 heavy (non-hydrogen) atoms. The highest BCUT2D eigenvalue weighted by atomic mass is 32.2. The average Bonchev–Trinajstić information content (AvgIpc) is 2.83. The molecule has 8 nitrogen and oxygen atoms in total. The predicted molar refractivity (Wildman–Crippen MR) is 122 cm³/mol. The van der Waals surface area contributed by atoms with Gasteiger partial charge in [-0.1, -0.05) is 24.3 Å². The Morgan fingerprint density at radius 1 is 1.06 bits per heavy atom. The second kappa shape index (κ2) is 10.4. The van der Waals surface area contributed by atoms with Crippen molar-refractivity contribution in [3.05, 3.63) is 95.3 Å². The van der Waals surface area contributed by atoms with Gasteiger partial charge in [0, 0.05) is 31.8 Å². The Bertz CT molecular complexity index is 1280. The van der Waals surface area contributed by atoms with E-state index in [1.807, 2.05) is 0 Å². The Hall–Kier alpha value is -3.76. The maximum atomic E-state index is 13.1. The van der Waals surface area contributed by atoms with Crippen molar-refractivity contribution in [2.45, 2.75) is 17.5 Å². The lowest BCUT2D eigenvalue weighted by atomic mass is 10.1. The number of amides is 1. The molecular weight excluding hydrogens is 463 g/mol. The van der Waals surface area contributed by atoms with Crippen molar-refractivity contribution < 1.29 is 32.2 Å². The summed E-state index contributed by atoms with van der Waals surface area (Å²) in [4.78, 5) is 23.6. The molecule has 2 N–H and O–H groups in total. The summed E-state index contributed by atoms with van der Waals surface area (Å²) in [5.41, 5.74) is 1.23. The Labute approximate surface area is 196 Å². The lowest BCUT2D eigenvalue weighted by Gasteiger charge is -2.19. The number of hydrogen-bond acceptors (Lipinski definition) is 5. The summed E-state index contributed by atoms with van der Waals surface area (Å²) in [6.07, 6.45) is -1.35. The first-order chi connectivity index (χ1) is 16.1. The van der Waals surface area contributed by atoms with E-state index in [9.17, 15) is 27.5 Å². The number of ether oxygens (including phenoxy) is 1. The molecule has 0 aliphatic heterocycles. The molecule has 0 saturated heterocycles. The van der Waals surface area contributed by atoms with Crippen LogP contribution in [0.3, 0.4) is 0 Å². The average molecular weight is 487 g/mol. The number of carboxylic acid groups (broad SMARTS) is 1. The van der Waals surface area contributed by atoms with E-state index in [1.165, 1.54) is 44.4 Å². The molecule has 0 radical (unpaired) electrons. The van der Waals surface area contributed by atoms with Crippen LogP contribution in [0.15, 0.2) is 77.7 Å². The van der Waals surface area contributed by atoms with Crippen molar-refractivity contribution in [3.63, 3.8) is 0 Å². The first-order valence-electron chi connectivity index (χ1n) is 10.1. The van der Waals surface area contributed by atoms with Gasteiger partial charge < -0.3 is 15.2 Å². The zero-order chi connectivity index (χ0) is 24.9. The van der Waals surface area contributed by atoms with Gasteiger partial charge in [0.05, 0.1) is 4.90 Å². The molecular formula is C24H23FN2O6S. The van der Waals surface area contributed by atoms with E-state index in [1.54, 1.807) is 30.3 Å². The summed E-state index contributed by atoms with van der Waals surface area (Å²) in [5.74, 6) is -1.86. The minimum atomic E-state index is -3.82. The number of benzene rings is 3. The Morgan fingerprint density at radius 3 is 2.29 bits per heavy atom. The Balaban J connectivity index is 1.73. The number of halogens is 1. The van der Waals surface area contributed by atoms with Gasteiger partial charge in [0.2, 0.25) is 16.1 Å². The zero-order valence-electron chi connectivity index (χ0n) is 18.4. The summed E-state index contributed by atoms with van der Waals surface area (Å²) >= 11 is 0. The first-order valence-corrected chi connectivity index (χ1v) is 11.6. The number of rotatable bonds is 9. The van der Waals surface area contributed by atoms with Crippen LogP contribution in [0.2, 0.25) is 0 Å². The molecule has 3 rings (SSSR count). The van der Waals surface area contributed by atoms with E-state index in [0.29, 0.717) is 16.7 Å². The molecule has 1 unspecified atom stereocenters. The van der Waals surface area contributed by atoms with Crippen molar-refractivity contribution in [1.29, 1.82) is 0 Å². The monoisotopic (exact) mass is 486 g/mol. The fourth-order valence-electron chi connectivity index (χ4n) is 3.19. The number of carbonyl (C=O) groups excluding carboxylic acids is 1. The van der Waals surface area contributed by atoms with Crippen LogP contribution in [0, 0.1) is 5.82 Å². The minimum absolute atomic E-state index is 0.0281. The maximum Gasteiger partial charge on any atom is 0.349 e. The van der Waals surface area contributed by atoms with Gasteiger partial charge in [0.25, 0.3) is 5.91 Å². The van der Waals surface area contributed by atoms with Crippen LogP contribution >= 0.6 is 0 Å². The maximum absolute atomic E-state index is 13.1. The zero-order valence-corrected chi connectivity index (χ0v) is 19.3. The lowest BCUT2D eigenvalue weighted by molar-refractivity contribution is -0.145. The van der Waals surface area contributed by atoms with Crippen molar-refractivity contribution in [2.24, 2.45) is 0 Å². The number of aliphatic carboxylic acids is 1. The van der Waals surface area contributed by atoms with Crippen LogP contribution in [-0.2, 0) is 21.4 Å². The van der Waals surface area contributed by atoms with Gasteiger partial charge in [-0.25, -0.2) is 17.6 Å². The SMILES string of the molecule is CNC(=O)c1cccc(C(Oc2ccc(CN(C)S(=O)(=O)c3ccc(F)cc3)cc2)C(=O)O)c1. The third kappa shape index (κ3) is 5.77. The smallest absolute Gasteiger partial charge is 0.349 e. The fourth-order valence-corrected chi connectivity index (χ4v) is 4.35. The summed E-state index contributed by atoms with van der Waals surface area (Å²) in [6, 6.07) is 17.0. The van der Waals surface area contributed by atoms with Crippen molar-refractivity contribution >= 4 is 21.9 Å². The Kier molecular flexibility index (Phi) is 7.64. The van der Waals surface area contributed by atoms with Gasteiger partial charge in [-0.05, 0) is 54.1 Å². The van der Waals surface area contributed by atoms with Gasteiger partial charge in [-0.3, -0.25) is 4.79 Å². The molecule has 3 aromatic rings. The second-order valence-electron chi connectivity index (χ2n) is 7.40. The number of carboxylic acids is 1. The molecule has 0 fully saturated rings. The van der Waals surface area contributed by atoms with Gasteiger partial charge in [-0.15, -0.1) is 0 Å². The van der Waals surface area contributed by atoms with Gasteiger partial charge >= 0.3 is 5.97 Å². The minimum Gasteiger partial charge on any atom is -0.478 e. The number of nitrogens with zero attached hydrogens (tertiary/aromatic N) is 1. The number of nitrogens with one attached hydrogen (secondary N) is 1. The summed E-state index contributed by atoms with van der Waals surface area (Å²) in [7, 11) is -0.937. The van der Waals surface area contributed by atoms with Crippen molar-refractivity contribution in [1.82, 2.24) is 9.62 Å². The molecule has 0 spiro atoms. The second-order valence-corrected chi connectivity index (χ2v) is 9.44.